The molecule has 2 rings (SSSR count). The first kappa shape index (κ1) is 15.8. The van der Waals surface area contributed by atoms with Crippen molar-refractivity contribution in [2.45, 2.75) is 27.2 Å². The molecule has 0 aliphatic carbocycles. The fraction of sp³-hybridized carbons (Fsp3) is 0.375. The highest BCUT2D eigenvalue weighted by Gasteiger charge is 2.14. The highest BCUT2D eigenvalue weighted by molar-refractivity contribution is 9.10. The van der Waals surface area contributed by atoms with Crippen molar-refractivity contribution in [3.05, 3.63) is 44.8 Å². The Hall–Kier alpha value is -1.62. The van der Waals surface area contributed by atoms with E-state index < -0.39 is 0 Å². The van der Waals surface area contributed by atoms with E-state index in [1.807, 2.05) is 31.2 Å². The predicted octanol–water partition coefficient (Wildman–Crippen LogP) is 3.80. The summed E-state index contributed by atoms with van der Waals surface area (Å²) in [6, 6.07) is 7.59. The number of H-pyrrole nitrogens is 1. The Kier molecular flexibility index (Phi) is 5.17. The van der Waals surface area contributed by atoms with Gasteiger partial charge in [-0.2, -0.15) is 0 Å². The molecule has 0 saturated carbocycles. The third-order valence-corrected chi connectivity index (χ3v) is 3.79. The van der Waals surface area contributed by atoms with Crippen LogP contribution >= 0.6 is 15.9 Å². The number of nitrogens with zero attached hydrogens (tertiary/aromatic N) is 1. The molecule has 1 heterocycles. The Balaban J connectivity index is 2.54. The summed E-state index contributed by atoms with van der Waals surface area (Å²) in [5.74, 6) is 1.69. The molecule has 4 nitrogen and oxygen atoms in total. The monoisotopic (exact) mass is 350 g/mol. The molecule has 1 aromatic heterocycles. The Morgan fingerprint density at radius 3 is 2.71 bits per heavy atom. The van der Waals surface area contributed by atoms with Gasteiger partial charge in [-0.25, -0.2) is 4.98 Å². The molecule has 5 heteroatoms. The van der Waals surface area contributed by atoms with Gasteiger partial charge in [0.05, 0.1) is 17.9 Å². The van der Waals surface area contributed by atoms with E-state index in [1.165, 1.54) is 0 Å². The summed E-state index contributed by atoms with van der Waals surface area (Å²) in [7, 11) is 0. The summed E-state index contributed by atoms with van der Waals surface area (Å²) >= 11 is 3.33. The summed E-state index contributed by atoms with van der Waals surface area (Å²) in [6.45, 7) is 6.70. The molecular formula is C16H19BrN2O2. The highest BCUT2D eigenvalue weighted by Crippen LogP contribution is 2.27. The second kappa shape index (κ2) is 6.89. The normalized spacial score (nSPS) is 10.9. The number of halogens is 1. The van der Waals surface area contributed by atoms with E-state index >= 15 is 0 Å². The molecule has 0 saturated heterocycles. The van der Waals surface area contributed by atoms with Crippen molar-refractivity contribution in [2.75, 3.05) is 6.61 Å². The molecule has 0 atom stereocenters. The smallest absolute Gasteiger partial charge is 0.265 e. The lowest BCUT2D eigenvalue weighted by Gasteiger charge is -2.12. The number of ether oxygens (including phenoxy) is 1. The minimum Gasteiger partial charge on any atom is -0.493 e. The van der Waals surface area contributed by atoms with Crippen LogP contribution in [0.4, 0.5) is 0 Å². The van der Waals surface area contributed by atoms with Crippen molar-refractivity contribution in [3.63, 3.8) is 0 Å². The quantitative estimate of drug-likeness (QED) is 0.892. The van der Waals surface area contributed by atoms with Crippen LogP contribution in [0.2, 0.25) is 0 Å². The molecule has 0 fully saturated rings. The molecule has 0 aliphatic heterocycles. The zero-order valence-corrected chi connectivity index (χ0v) is 14.0. The van der Waals surface area contributed by atoms with Crippen molar-refractivity contribution in [1.29, 1.82) is 0 Å². The van der Waals surface area contributed by atoms with Gasteiger partial charge in [-0.15, -0.1) is 0 Å². The van der Waals surface area contributed by atoms with Gasteiger partial charge in [0.15, 0.2) is 0 Å². The lowest BCUT2D eigenvalue weighted by Crippen LogP contribution is -2.15. The van der Waals surface area contributed by atoms with E-state index in [0.717, 1.165) is 23.4 Å². The first-order valence-electron chi connectivity index (χ1n) is 7.03. The van der Waals surface area contributed by atoms with Crippen molar-refractivity contribution in [3.8, 4) is 17.1 Å². The van der Waals surface area contributed by atoms with Crippen LogP contribution in [0.1, 0.15) is 26.5 Å². The van der Waals surface area contributed by atoms with Crippen LogP contribution in [-0.2, 0) is 6.42 Å². The van der Waals surface area contributed by atoms with Crippen LogP contribution in [0.5, 0.6) is 5.75 Å². The van der Waals surface area contributed by atoms with Gasteiger partial charge in [-0.05, 0) is 47.3 Å². The Morgan fingerprint density at radius 2 is 2.05 bits per heavy atom. The minimum absolute atomic E-state index is 0.165. The van der Waals surface area contributed by atoms with Crippen molar-refractivity contribution in [2.24, 2.45) is 5.92 Å². The van der Waals surface area contributed by atoms with Gasteiger partial charge in [0.1, 0.15) is 16.0 Å². The highest BCUT2D eigenvalue weighted by atomic mass is 79.9. The second-order valence-electron chi connectivity index (χ2n) is 5.20. The van der Waals surface area contributed by atoms with Crippen LogP contribution in [0, 0.1) is 5.92 Å². The molecule has 112 valence electrons. The summed E-state index contributed by atoms with van der Waals surface area (Å²) < 4.78 is 6.12. The Labute approximate surface area is 132 Å². The Morgan fingerprint density at radius 1 is 1.33 bits per heavy atom. The van der Waals surface area contributed by atoms with Gasteiger partial charge in [-0.3, -0.25) is 4.79 Å². The topological polar surface area (TPSA) is 55.0 Å². The lowest BCUT2D eigenvalue weighted by molar-refractivity contribution is 0.341. The second-order valence-corrected chi connectivity index (χ2v) is 6.00. The molecule has 21 heavy (non-hydrogen) atoms. The summed E-state index contributed by atoms with van der Waals surface area (Å²) in [5, 5.41) is 0. The SMILES string of the molecule is CCOc1ccccc1-c1nc(CC(C)C)c(Br)c(=O)[nH]1. The first-order valence-corrected chi connectivity index (χ1v) is 7.83. The van der Waals surface area contributed by atoms with Crippen molar-refractivity contribution >= 4 is 15.9 Å². The van der Waals surface area contributed by atoms with E-state index in [-0.39, 0.29) is 5.56 Å². The van der Waals surface area contributed by atoms with Crippen LogP contribution in [-0.4, -0.2) is 16.6 Å². The van der Waals surface area contributed by atoms with Gasteiger partial charge in [-0.1, -0.05) is 26.0 Å². The fourth-order valence-electron chi connectivity index (χ4n) is 2.10. The molecule has 0 amide bonds. The summed E-state index contributed by atoms with van der Waals surface area (Å²) in [6.07, 6.45) is 0.744. The predicted molar refractivity (Wildman–Crippen MR) is 87.7 cm³/mol. The third kappa shape index (κ3) is 3.73. The zero-order valence-electron chi connectivity index (χ0n) is 12.4. The number of para-hydroxylation sites is 1. The van der Waals surface area contributed by atoms with Crippen molar-refractivity contribution < 1.29 is 4.74 Å². The number of rotatable bonds is 5. The summed E-state index contributed by atoms with van der Waals surface area (Å²) in [4.78, 5) is 19.5. The van der Waals surface area contributed by atoms with E-state index in [0.29, 0.717) is 22.8 Å². The van der Waals surface area contributed by atoms with Crippen LogP contribution in [0.15, 0.2) is 33.5 Å². The average Bonchev–Trinajstić information content (AvgIpc) is 2.44. The first-order chi connectivity index (χ1) is 10.0. The van der Waals surface area contributed by atoms with Gasteiger partial charge in [0, 0.05) is 0 Å². The number of nitrogens with one attached hydrogen (secondary N) is 1. The number of aromatic nitrogens is 2. The molecule has 0 bridgehead atoms. The lowest BCUT2D eigenvalue weighted by atomic mass is 10.1. The van der Waals surface area contributed by atoms with Crippen LogP contribution in [0.3, 0.4) is 0 Å². The molecular weight excluding hydrogens is 332 g/mol. The zero-order chi connectivity index (χ0) is 15.4. The largest absolute Gasteiger partial charge is 0.493 e. The molecule has 0 aliphatic rings. The molecule has 0 spiro atoms. The number of aromatic amines is 1. The van der Waals surface area contributed by atoms with Crippen LogP contribution < -0.4 is 10.3 Å². The number of hydrogen-bond acceptors (Lipinski definition) is 3. The Bertz CT molecular complexity index is 680. The van der Waals surface area contributed by atoms with Gasteiger partial charge in [0.25, 0.3) is 5.56 Å². The maximum Gasteiger partial charge on any atom is 0.265 e. The molecule has 1 N–H and O–H groups in total. The standard InChI is InChI=1S/C16H19BrN2O2/c1-4-21-13-8-6-5-7-11(13)15-18-12(9-10(2)3)14(17)16(20)19-15/h5-8,10H,4,9H2,1-3H3,(H,18,19,20). The van der Waals surface area contributed by atoms with Crippen LogP contribution in [0.25, 0.3) is 11.4 Å². The average molecular weight is 351 g/mol. The third-order valence-electron chi connectivity index (χ3n) is 2.98. The van der Waals surface area contributed by atoms with Gasteiger partial charge in [0.2, 0.25) is 0 Å². The van der Waals surface area contributed by atoms with Gasteiger partial charge >= 0.3 is 0 Å². The van der Waals surface area contributed by atoms with E-state index in [2.05, 4.69) is 39.7 Å². The maximum absolute atomic E-state index is 12.1. The fourth-order valence-corrected chi connectivity index (χ4v) is 2.45. The number of hydrogen-bond donors (Lipinski definition) is 1. The minimum atomic E-state index is -0.165. The van der Waals surface area contributed by atoms with Gasteiger partial charge < -0.3 is 9.72 Å². The molecule has 0 radical (unpaired) electrons. The van der Waals surface area contributed by atoms with Crippen molar-refractivity contribution in [1.82, 2.24) is 9.97 Å². The van der Waals surface area contributed by atoms with E-state index in [9.17, 15) is 4.79 Å². The molecule has 1 aromatic carbocycles. The maximum atomic E-state index is 12.1. The molecule has 0 unspecified atom stereocenters. The number of benzene rings is 1. The van der Waals surface area contributed by atoms with E-state index in [1.54, 1.807) is 0 Å². The summed E-state index contributed by atoms with van der Waals surface area (Å²) in [5.41, 5.74) is 1.41. The molecule has 2 aromatic rings. The van der Waals surface area contributed by atoms with E-state index in [4.69, 9.17) is 4.74 Å².